The first-order chi connectivity index (χ1) is 21.2. The number of carbonyl (C=O) groups is 2. The van der Waals surface area contributed by atoms with Crippen molar-refractivity contribution in [2.24, 2.45) is 10.2 Å². The lowest BCUT2D eigenvalue weighted by atomic mass is 10.0. The van der Waals surface area contributed by atoms with Crippen molar-refractivity contribution < 1.29 is 22.7 Å². The van der Waals surface area contributed by atoms with Gasteiger partial charge in [0.15, 0.2) is 0 Å². The van der Waals surface area contributed by atoms with Gasteiger partial charge in [0.25, 0.3) is 10.0 Å². The van der Waals surface area contributed by atoms with Gasteiger partial charge in [-0.2, -0.15) is 23.0 Å². The zero-order valence-electron chi connectivity index (χ0n) is 24.5. The third kappa shape index (κ3) is 7.96. The van der Waals surface area contributed by atoms with Crippen LogP contribution in [0.4, 0.5) is 10.5 Å². The van der Waals surface area contributed by atoms with Crippen LogP contribution >= 0.6 is 0 Å². The largest absolute Gasteiger partial charge is 0.464 e. The van der Waals surface area contributed by atoms with Gasteiger partial charge in [0.1, 0.15) is 0 Å². The summed E-state index contributed by atoms with van der Waals surface area (Å²) in [5.41, 5.74) is 5.14. The zero-order valence-corrected chi connectivity index (χ0v) is 25.4. The topological polar surface area (TPSA) is 130 Å². The molecule has 2 N–H and O–H groups in total. The third-order valence-electron chi connectivity index (χ3n) is 6.35. The number of anilines is 1. The Labute approximate surface area is 257 Å². The fourth-order valence-corrected chi connectivity index (χ4v) is 5.56. The van der Waals surface area contributed by atoms with Crippen LogP contribution in [0.15, 0.2) is 130 Å². The van der Waals surface area contributed by atoms with E-state index in [-0.39, 0.29) is 17.2 Å². The van der Waals surface area contributed by atoms with Crippen molar-refractivity contribution in [1.82, 2.24) is 9.84 Å². The normalized spacial score (nSPS) is 12.0. The quantitative estimate of drug-likeness (QED) is 0.130. The lowest BCUT2D eigenvalue weighted by Gasteiger charge is -2.28. The molecule has 0 aromatic heterocycles. The van der Waals surface area contributed by atoms with Gasteiger partial charge in [-0.05, 0) is 45.0 Å². The number of para-hydroxylation sites is 1. The summed E-state index contributed by atoms with van der Waals surface area (Å²) >= 11 is 0. The summed E-state index contributed by atoms with van der Waals surface area (Å²) in [5.74, 6) is -0.918. The molecule has 226 valence electrons. The fraction of sp³-hybridized carbons (Fsp3) is 0.152. The molecule has 2 amide bonds. The number of amides is 2. The molecule has 0 saturated carbocycles. The van der Waals surface area contributed by atoms with Crippen LogP contribution in [-0.4, -0.2) is 48.9 Å². The number of benzene rings is 4. The number of esters is 1. The van der Waals surface area contributed by atoms with Crippen molar-refractivity contribution in [2.45, 2.75) is 31.7 Å². The van der Waals surface area contributed by atoms with Crippen molar-refractivity contribution in [3.8, 4) is 0 Å². The Hall–Kier alpha value is -5.29. The number of urea groups is 1. The highest BCUT2D eigenvalue weighted by molar-refractivity contribution is 7.89. The molecule has 1 atom stereocenters. The smallest absolute Gasteiger partial charge is 0.339 e. The van der Waals surface area contributed by atoms with E-state index < -0.39 is 28.1 Å². The number of aryl methyl sites for hydroxylation is 1. The number of rotatable bonds is 11. The second-order valence-corrected chi connectivity index (χ2v) is 11.4. The Balaban J connectivity index is 1.87. The van der Waals surface area contributed by atoms with Crippen LogP contribution in [0.2, 0.25) is 0 Å². The fourth-order valence-electron chi connectivity index (χ4n) is 4.16. The highest BCUT2D eigenvalue weighted by Crippen LogP contribution is 2.24. The number of sulfonamides is 1. The third-order valence-corrected chi connectivity index (χ3v) is 8.00. The Morgan fingerprint density at radius 1 is 0.818 bits per heavy atom. The van der Waals surface area contributed by atoms with Gasteiger partial charge >= 0.3 is 12.0 Å². The number of nitrogens with one attached hydrogen (secondary N) is 2. The Morgan fingerprint density at radius 2 is 1.34 bits per heavy atom. The molecule has 4 aromatic rings. The molecule has 0 aliphatic heterocycles. The molecule has 4 aromatic carbocycles. The lowest BCUT2D eigenvalue weighted by Crippen LogP contribution is -2.48. The molecule has 1 unspecified atom stereocenters. The van der Waals surface area contributed by atoms with Crippen LogP contribution in [0.5, 0.6) is 0 Å². The standard InChI is InChI=1S/C33H33N5O5S/c1-4-43-32(39)31(25(3)35-36-33(40)34-28-18-12-7-13-19-28)38(44(41,42)29-22-20-24(2)21-23-29)37-30(26-14-8-5-9-15-26)27-16-10-6-11-17-27/h5-23,31H,4H2,1-3H3,(H2,34,36,40)/b35-25+. The predicted octanol–water partition coefficient (Wildman–Crippen LogP) is 5.57. The minimum absolute atomic E-state index is 0.0309. The summed E-state index contributed by atoms with van der Waals surface area (Å²) in [6.07, 6.45) is 0. The van der Waals surface area contributed by atoms with Crippen molar-refractivity contribution in [3.05, 3.63) is 132 Å². The van der Waals surface area contributed by atoms with Crippen molar-refractivity contribution in [3.63, 3.8) is 0 Å². The van der Waals surface area contributed by atoms with Gasteiger partial charge in [-0.3, -0.25) is 0 Å². The summed E-state index contributed by atoms with van der Waals surface area (Å²) in [7, 11) is -4.49. The van der Waals surface area contributed by atoms with E-state index in [4.69, 9.17) is 4.74 Å². The van der Waals surface area contributed by atoms with Gasteiger partial charge in [-0.25, -0.2) is 15.0 Å². The van der Waals surface area contributed by atoms with Gasteiger partial charge in [0.05, 0.1) is 22.9 Å². The maximum atomic E-state index is 14.3. The monoisotopic (exact) mass is 611 g/mol. The van der Waals surface area contributed by atoms with E-state index in [0.29, 0.717) is 26.9 Å². The average molecular weight is 612 g/mol. The summed E-state index contributed by atoms with van der Waals surface area (Å²) < 4.78 is 34.7. The number of hydrogen-bond donors (Lipinski definition) is 2. The summed E-state index contributed by atoms with van der Waals surface area (Å²) in [5, 5.41) is 11.4. The van der Waals surface area contributed by atoms with E-state index in [1.54, 1.807) is 97.9 Å². The molecule has 0 saturated heterocycles. The number of nitrogens with zero attached hydrogens (tertiary/aromatic N) is 3. The Kier molecular flexibility index (Phi) is 10.6. The van der Waals surface area contributed by atoms with Crippen LogP contribution < -0.4 is 10.7 Å². The van der Waals surface area contributed by atoms with Gasteiger partial charge in [-0.1, -0.05) is 96.6 Å². The molecule has 0 radical (unpaired) electrons. The van der Waals surface area contributed by atoms with Crippen LogP contribution in [0.25, 0.3) is 0 Å². The van der Waals surface area contributed by atoms with Crippen molar-refractivity contribution in [1.29, 1.82) is 0 Å². The van der Waals surface area contributed by atoms with E-state index >= 15 is 0 Å². The Morgan fingerprint density at radius 3 is 1.86 bits per heavy atom. The zero-order chi connectivity index (χ0) is 31.5. The first-order valence-corrected chi connectivity index (χ1v) is 15.3. The predicted molar refractivity (Wildman–Crippen MR) is 171 cm³/mol. The molecule has 11 heteroatoms. The van der Waals surface area contributed by atoms with Gasteiger partial charge < -0.3 is 10.1 Å². The van der Waals surface area contributed by atoms with Crippen LogP contribution in [0.3, 0.4) is 0 Å². The molecule has 0 aliphatic carbocycles. The van der Waals surface area contributed by atoms with Crippen LogP contribution in [-0.2, 0) is 19.6 Å². The molecule has 0 spiro atoms. The summed E-state index contributed by atoms with van der Waals surface area (Å²) in [6, 6.07) is 30.6. The maximum Gasteiger partial charge on any atom is 0.339 e. The molecule has 0 bridgehead atoms. The average Bonchev–Trinajstić information content (AvgIpc) is 3.03. The number of ether oxygens (including phenoxy) is 1. The van der Waals surface area contributed by atoms with Gasteiger partial charge in [0.2, 0.25) is 6.04 Å². The lowest BCUT2D eigenvalue weighted by molar-refractivity contribution is -0.145. The molecule has 0 heterocycles. The maximum absolute atomic E-state index is 14.3. The van der Waals surface area contributed by atoms with Crippen molar-refractivity contribution in [2.75, 3.05) is 11.9 Å². The van der Waals surface area contributed by atoms with Crippen LogP contribution in [0.1, 0.15) is 30.5 Å². The highest BCUT2D eigenvalue weighted by Gasteiger charge is 2.39. The molecule has 44 heavy (non-hydrogen) atoms. The number of hydrogen-bond acceptors (Lipinski definition) is 7. The van der Waals surface area contributed by atoms with Crippen molar-refractivity contribution >= 4 is 39.1 Å². The van der Waals surface area contributed by atoms with Gasteiger partial charge in [-0.15, -0.1) is 0 Å². The number of carbonyl (C=O) groups excluding carboxylic acids is 2. The molecule has 10 nitrogen and oxygen atoms in total. The minimum Gasteiger partial charge on any atom is -0.464 e. The minimum atomic E-state index is -4.49. The first kappa shape index (κ1) is 31.6. The van der Waals surface area contributed by atoms with E-state index in [1.807, 2.05) is 19.1 Å². The molecular weight excluding hydrogens is 578 g/mol. The Bertz CT molecular complexity index is 1690. The second kappa shape index (κ2) is 14.7. The number of hydrazone groups is 2. The van der Waals surface area contributed by atoms with E-state index in [0.717, 1.165) is 5.56 Å². The van der Waals surface area contributed by atoms with E-state index in [1.165, 1.54) is 19.1 Å². The molecule has 0 aliphatic rings. The summed E-state index contributed by atoms with van der Waals surface area (Å²) in [4.78, 5) is 26.0. The van der Waals surface area contributed by atoms with Gasteiger partial charge in [0, 0.05) is 16.8 Å². The first-order valence-electron chi connectivity index (χ1n) is 13.8. The molecule has 0 fully saturated rings. The molecule has 4 rings (SSSR count). The van der Waals surface area contributed by atoms with E-state index in [9.17, 15) is 18.0 Å². The molecular formula is C33H33N5O5S. The highest BCUT2D eigenvalue weighted by atomic mass is 32.2. The van der Waals surface area contributed by atoms with E-state index in [2.05, 4.69) is 20.9 Å². The summed E-state index contributed by atoms with van der Waals surface area (Å²) in [6.45, 7) is 4.83. The second-order valence-electron chi connectivity index (χ2n) is 9.61. The SMILES string of the molecule is CCOC(=O)C(/C(C)=N/NC(=O)Nc1ccccc1)N(N=C(c1ccccc1)c1ccccc1)S(=O)(=O)c1ccc(C)cc1. The van der Waals surface area contributed by atoms with Crippen LogP contribution in [0, 0.1) is 6.92 Å².